The molecule has 0 radical (unpaired) electrons. The first-order chi connectivity index (χ1) is 8.63. The van der Waals surface area contributed by atoms with Crippen LogP contribution < -0.4 is 10.1 Å². The predicted octanol–water partition coefficient (Wildman–Crippen LogP) is 1.38. The maximum absolute atomic E-state index is 11.7. The van der Waals surface area contributed by atoms with Crippen LogP contribution in [0.1, 0.15) is 6.92 Å². The van der Waals surface area contributed by atoms with Crippen molar-refractivity contribution in [3.05, 3.63) is 36.0 Å². The third-order valence-electron chi connectivity index (χ3n) is 2.59. The van der Waals surface area contributed by atoms with Crippen LogP contribution in [-0.2, 0) is 9.59 Å². The van der Waals surface area contributed by atoms with Crippen LogP contribution in [0.2, 0.25) is 0 Å². The second-order valence-electron chi connectivity index (χ2n) is 3.81. The molecule has 0 atom stereocenters. The summed E-state index contributed by atoms with van der Waals surface area (Å²) in [6.45, 7) is 2.42. The molecule has 0 saturated carbocycles. The normalized spacial score (nSPS) is 14.8. The van der Waals surface area contributed by atoms with Gasteiger partial charge < -0.3 is 10.1 Å². The molecular weight excluding hydrogens is 232 g/mol. The molecule has 0 spiro atoms. The molecule has 1 aliphatic heterocycles. The summed E-state index contributed by atoms with van der Waals surface area (Å²) >= 11 is 0. The Morgan fingerprint density at radius 3 is 2.61 bits per heavy atom. The lowest BCUT2D eigenvalue weighted by molar-refractivity contribution is -0.135. The van der Waals surface area contributed by atoms with Crippen LogP contribution in [0, 0.1) is 0 Å². The van der Waals surface area contributed by atoms with Crippen LogP contribution in [0.3, 0.4) is 0 Å². The summed E-state index contributed by atoms with van der Waals surface area (Å²) in [5.41, 5.74) is 0.928. The Bertz CT molecular complexity index is 523. The zero-order valence-corrected chi connectivity index (χ0v) is 10.3. The Hall–Kier alpha value is -2.30. The smallest absolute Gasteiger partial charge is 0.277 e. The highest BCUT2D eigenvalue weighted by Crippen LogP contribution is 2.26. The van der Waals surface area contributed by atoms with Crippen molar-refractivity contribution in [3.8, 4) is 5.75 Å². The van der Waals surface area contributed by atoms with Crippen LogP contribution in [0.5, 0.6) is 5.75 Å². The summed E-state index contributed by atoms with van der Waals surface area (Å²) < 4.78 is 5.44. The summed E-state index contributed by atoms with van der Waals surface area (Å²) in [6, 6.07) is 7.27. The van der Waals surface area contributed by atoms with Crippen molar-refractivity contribution in [1.82, 2.24) is 4.90 Å². The van der Waals surface area contributed by atoms with E-state index in [1.807, 2.05) is 19.1 Å². The number of likely N-dealkylation sites (N-methyl/N-ethyl adjacent to an activating group) is 1. The van der Waals surface area contributed by atoms with E-state index < -0.39 is 0 Å². The van der Waals surface area contributed by atoms with E-state index in [1.54, 1.807) is 12.1 Å². The fourth-order valence-corrected chi connectivity index (χ4v) is 1.65. The second kappa shape index (κ2) is 4.91. The summed E-state index contributed by atoms with van der Waals surface area (Å²) in [5, 5.41) is 2.93. The first-order valence-corrected chi connectivity index (χ1v) is 5.66. The first-order valence-electron chi connectivity index (χ1n) is 5.66. The molecule has 5 nitrogen and oxygen atoms in total. The minimum Gasteiger partial charge on any atom is -0.492 e. The van der Waals surface area contributed by atoms with Crippen LogP contribution in [-0.4, -0.2) is 30.4 Å². The van der Waals surface area contributed by atoms with Gasteiger partial charge in [-0.3, -0.25) is 14.5 Å². The number of anilines is 1. The summed E-state index contributed by atoms with van der Waals surface area (Å²) in [6.07, 6.45) is 1.28. The molecule has 1 aromatic carbocycles. The van der Waals surface area contributed by atoms with E-state index in [0.717, 1.165) is 4.90 Å². The fourth-order valence-electron chi connectivity index (χ4n) is 1.65. The van der Waals surface area contributed by atoms with Crippen LogP contribution in [0.25, 0.3) is 0 Å². The lowest BCUT2D eigenvalue weighted by atomic mass is 10.2. The molecule has 0 aliphatic carbocycles. The largest absolute Gasteiger partial charge is 0.492 e. The van der Waals surface area contributed by atoms with Crippen molar-refractivity contribution in [2.24, 2.45) is 0 Å². The molecule has 2 amide bonds. The molecule has 5 heteroatoms. The van der Waals surface area contributed by atoms with Gasteiger partial charge in [-0.2, -0.15) is 0 Å². The number of nitrogens with one attached hydrogen (secondary N) is 1. The topological polar surface area (TPSA) is 58.6 Å². The summed E-state index contributed by atoms with van der Waals surface area (Å²) in [4.78, 5) is 24.1. The molecule has 0 bridgehead atoms. The lowest BCUT2D eigenvalue weighted by Crippen LogP contribution is -2.27. The average molecular weight is 246 g/mol. The van der Waals surface area contributed by atoms with Crippen LogP contribution in [0.15, 0.2) is 36.0 Å². The van der Waals surface area contributed by atoms with Crippen molar-refractivity contribution in [1.29, 1.82) is 0 Å². The number of para-hydroxylation sites is 2. The molecule has 94 valence electrons. The standard InChI is InChI=1S/C13H14N2O3/c1-3-18-11-7-5-4-6-9(11)14-10-8-12(16)15(2)13(10)17/h4-8,14H,3H2,1-2H3. The Morgan fingerprint density at radius 1 is 1.28 bits per heavy atom. The number of rotatable bonds is 4. The number of amides is 2. The molecule has 2 rings (SSSR count). The highest BCUT2D eigenvalue weighted by Gasteiger charge is 2.28. The molecular formula is C13H14N2O3. The fraction of sp³-hybridized carbons (Fsp3) is 0.231. The maximum Gasteiger partial charge on any atom is 0.277 e. The van der Waals surface area contributed by atoms with E-state index in [1.165, 1.54) is 13.1 Å². The Labute approximate surface area is 105 Å². The Morgan fingerprint density at radius 2 is 2.00 bits per heavy atom. The van der Waals surface area contributed by atoms with Crippen LogP contribution in [0.4, 0.5) is 5.69 Å². The molecule has 0 aromatic heterocycles. The van der Waals surface area contributed by atoms with Crippen molar-refractivity contribution < 1.29 is 14.3 Å². The third-order valence-corrected chi connectivity index (χ3v) is 2.59. The molecule has 1 heterocycles. The van der Waals surface area contributed by atoms with E-state index in [4.69, 9.17) is 4.74 Å². The number of nitrogens with zero attached hydrogens (tertiary/aromatic N) is 1. The number of hydrogen-bond acceptors (Lipinski definition) is 4. The van der Waals surface area contributed by atoms with Crippen molar-refractivity contribution in [3.63, 3.8) is 0 Å². The van der Waals surface area contributed by atoms with E-state index in [9.17, 15) is 9.59 Å². The van der Waals surface area contributed by atoms with Gasteiger partial charge in [0.2, 0.25) is 0 Å². The molecule has 0 saturated heterocycles. The van der Waals surface area contributed by atoms with Gasteiger partial charge in [0.05, 0.1) is 12.3 Å². The monoisotopic (exact) mass is 246 g/mol. The maximum atomic E-state index is 11.7. The molecule has 0 fully saturated rings. The van der Waals surface area contributed by atoms with Gasteiger partial charge in [-0.05, 0) is 19.1 Å². The molecule has 0 unspecified atom stereocenters. The second-order valence-corrected chi connectivity index (χ2v) is 3.81. The van der Waals surface area contributed by atoms with E-state index in [0.29, 0.717) is 18.0 Å². The predicted molar refractivity (Wildman–Crippen MR) is 67.1 cm³/mol. The van der Waals surface area contributed by atoms with Gasteiger partial charge in [0.25, 0.3) is 11.8 Å². The lowest BCUT2D eigenvalue weighted by Gasteiger charge is -2.12. The quantitative estimate of drug-likeness (QED) is 0.815. The van der Waals surface area contributed by atoms with Crippen molar-refractivity contribution in [2.75, 3.05) is 19.0 Å². The Balaban J connectivity index is 2.22. The van der Waals surface area contributed by atoms with Gasteiger partial charge in [-0.25, -0.2) is 0 Å². The summed E-state index contributed by atoms with van der Waals surface area (Å²) in [7, 11) is 1.45. The molecule has 18 heavy (non-hydrogen) atoms. The van der Waals surface area contributed by atoms with E-state index >= 15 is 0 Å². The number of hydrogen-bond donors (Lipinski definition) is 1. The number of ether oxygens (including phenoxy) is 1. The molecule has 1 aliphatic rings. The number of carbonyl (C=O) groups is 2. The highest BCUT2D eigenvalue weighted by atomic mass is 16.5. The zero-order valence-electron chi connectivity index (χ0n) is 10.3. The van der Waals surface area contributed by atoms with Gasteiger partial charge in [0, 0.05) is 13.1 Å². The van der Waals surface area contributed by atoms with Crippen LogP contribution >= 0.6 is 0 Å². The van der Waals surface area contributed by atoms with Crippen molar-refractivity contribution >= 4 is 17.5 Å². The number of carbonyl (C=O) groups excluding carboxylic acids is 2. The average Bonchev–Trinajstić information content (AvgIpc) is 2.60. The summed E-state index contributed by atoms with van der Waals surface area (Å²) in [5.74, 6) is -0.0154. The number of imide groups is 1. The first kappa shape index (κ1) is 12.2. The molecule has 1 aromatic rings. The highest BCUT2D eigenvalue weighted by molar-refractivity contribution is 6.17. The van der Waals surface area contributed by atoms with Gasteiger partial charge in [-0.15, -0.1) is 0 Å². The van der Waals surface area contributed by atoms with Gasteiger partial charge in [0.15, 0.2) is 0 Å². The Kier molecular flexibility index (Phi) is 3.32. The van der Waals surface area contributed by atoms with Gasteiger partial charge in [-0.1, -0.05) is 12.1 Å². The van der Waals surface area contributed by atoms with Gasteiger partial charge >= 0.3 is 0 Å². The minimum absolute atomic E-state index is 0.259. The zero-order chi connectivity index (χ0) is 13.1. The number of benzene rings is 1. The van der Waals surface area contributed by atoms with Gasteiger partial charge in [0.1, 0.15) is 11.4 Å². The van der Waals surface area contributed by atoms with E-state index in [2.05, 4.69) is 5.32 Å². The van der Waals surface area contributed by atoms with Crippen molar-refractivity contribution in [2.45, 2.75) is 6.92 Å². The van der Waals surface area contributed by atoms with E-state index in [-0.39, 0.29) is 17.5 Å². The SMILES string of the molecule is CCOc1ccccc1NC1=CC(=O)N(C)C1=O. The minimum atomic E-state index is -0.341. The molecule has 1 N–H and O–H groups in total. The third kappa shape index (κ3) is 2.20.